The van der Waals surface area contributed by atoms with E-state index in [9.17, 15) is 14.4 Å². The van der Waals surface area contributed by atoms with E-state index < -0.39 is 11.8 Å². The average Bonchev–Trinajstić information content (AvgIpc) is 3.05. The van der Waals surface area contributed by atoms with Crippen molar-refractivity contribution in [3.63, 3.8) is 0 Å². The quantitative estimate of drug-likeness (QED) is 0.634. The summed E-state index contributed by atoms with van der Waals surface area (Å²) in [5.74, 6) is -1.34. The second-order valence-electron chi connectivity index (χ2n) is 4.41. The normalized spacial score (nSPS) is 13.7. The number of amides is 2. The van der Waals surface area contributed by atoms with E-state index in [1.54, 1.807) is 17.5 Å². The van der Waals surface area contributed by atoms with Gasteiger partial charge in [0.25, 0.3) is 11.8 Å². The van der Waals surface area contributed by atoms with Crippen LogP contribution in [0.15, 0.2) is 29.6 Å². The first-order valence-electron chi connectivity index (χ1n) is 5.91. The first-order chi connectivity index (χ1) is 9.99. The minimum absolute atomic E-state index is 0.174. The predicted molar refractivity (Wildman–Crippen MR) is 80.5 cm³/mol. The molecule has 1 aliphatic heterocycles. The molecule has 2 heterocycles. The van der Waals surface area contributed by atoms with Crippen molar-refractivity contribution < 1.29 is 14.4 Å². The Morgan fingerprint density at radius 2 is 1.67 bits per heavy atom. The zero-order valence-electron chi connectivity index (χ0n) is 10.4. The second-order valence-corrected chi connectivity index (χ2v) is 6.17. The van der Waals surface area contributed by atoms with E-state index in [2.05, 4.69) is 0 Å². The summed E-state index contributed by atoms with van der Waals surface area (Å²) in [6, 6.07) is 6.10. The molecule has 0 spiro atoms. The molecule has 7 heteroatoms. The van der Waals surface area contributed by atoms with Crippen molar-refractivity contribution in [1.82, 2.24) is 4.90 Å². The molecule has 2 amide bonds. The molecule has 0 unspecified atom stereocenters. The fourth-order valence-electron chi connectivity index (χ4n) is 2.09. The van der Waals surface area contributed by atoms with Gasteiger partial charge in [0.1, 0.15) is 0 Å². The second kappa shape index (κ2) is 5.26. The molecule has 1 aromatic carbocycles. The van der Waals surface area contributed by atoms with E-state index >= 15 is 0 Å². The van der Waals surface area contributed by atoms with Crippen LogP contribution in [-0.4, -0.2) is 29.0 Å². The summed E-state index contributed by atoms with van der Waals surface area (Å²) in [6.07, 6.45) is 0. The van der Waals surface area contributed by atoms with E-state index in [1.807, 2.05) is 0 Å². The Labute approximate surface area is 133 Å². The number of Topliss-reactive ketones (excluding diaryl/α,β-unsaturated/α-hetero) is 1. The maximum absolute atomic E-state index is 12.2. The van der Waals surface area contributed by atoms with Gasteiger partial charge in [0.15, 0.2) is 5.78 Å². The Balaban J connectivity index is 1.91. The van der Waals surface area contributed by atoms with Gasteiger partial charge >= 0.3 is 0 Å². The van der Waals surface area contributed by atoms with Crippen molar-refractivity contribution in [2.24, 2.45) is 0 Å². The molecule has 0 saturated heterocycles. The third kappa shape index (κ3) is 2.37. The number of halogens is 2. The van der Waals surface area contributed by atoms with Crippen molar-refractivity contribution in [2.75, 3.05) is 6.54 Å². The molecule has 1 aromatic heterocycles. The molecule has 0 atom stereocenters. The van der Waals surface area contributed by atoms with E-state index in [1.165, 1.54) is 23.5 Å². The number of nitrogens with zero attached hydrogens (tertiary/aromatic N) is 1. The molecule has 0 N–H and O–H groups in total. The molecule has 0 aliphatic carbocycles. The van der Waals surface area contributed by atoms with Gasteiger partial charge in [-0.2, -0.15) is 0 Å². The summed E-state index contributed by atoms with van der Waals surface area (Å²) in [5.41, 5.74) is 0.349. The zero-order valence-corrected chi connectivity index (χ0v) is 12.8. The number of imide groups is 1. The number of carbonyl (C=O) groups is 3. The van der Waals surface area contributed by atoms with Crippen molar-refractivity contribution in [1.29, 1.82) is 0 Å². The Morgan fingerprint density at radius 3 is 2.14 bits per heavy atom. The highest BCUT2D eigenvalue weighted by molar-refractivity contribution is 7.12. The van der Waals surface area contributed by atoms with E-state index in [4.69, 9.17) is 23.2 Å². The van der Waals surface area contributed by atoms with Gasteiger partial charge in [-0.05, 0) is 23.6 Å². The predicted octanol–water partition coefficient (Wildman–Crippen LogP) is 3.53. The maximum atomic E-state index is 12.2. The highest BCUT2D eigenvalue weighted by Crippen LogP contribution is 2.31. The lowest BCUT2D eigenvalue weighted by Gasteiger charge is -2.11. The lowest BCUT2D eigenvalue weighted by molar-refractivity contribution is 0.0625. The number of carbonyl (C=O) groups excluding carboxylic acids is 3. The van der Waals surface area contributed by atoms with Gasteiger partial charge in [-0.3, -0.25) is 19.3 Å². The largest absolute Gasteiger partial charge is 0.291 e. The molecule has 3 rings (SSSR count). The van der Waals surface area contributed by atoms with Gasteiger partial charge in [-0.1, -0.05) is 29.3 Å². The summed E-state index contributed by atoms with van der Waals surface area (Å²) in [6.45, 7) is -0.290. The maximum Gasteiger partial charge on any atom is 0.262 e. The third-order valence-corrected chi connectivity index (χ3v) is 4.74. The van der Waals surface area contributed by atoms with Crippen LogP contribution in [0.3, 0.4) is 0 Å². The average molecular weight is 340 g/mol. The summed E-state index contributed by atoms with van der Waals surface area (Å²) >= 11 is 13.0. The molecule has 0 fully saturated rings. The van der Waals surface area contributed by atoms with Gasteiger partial charge in [-0.25, -0.2) is 0 Å². The number of hydrogen-bond donors (Lipinski definition) is 0. The molecule has 4 nitrogen and oxygen atoms in total. The Kier molecular flexibility index (Phi) is 3.57. The van der Waals surface area contributed by atoms with Crippen molar-refractivity contribution >= 4 is 52.1 Å². The van der Waals surface area contributed by atoms with Crippen LogP contribution in [0.1, 0.15) is 30.4 Å². The smallest absolute Gasteiger partial charge is 0.262 e. The molecule has 1 aliphatic rings. The highest BCUT2D eigenvalue weighted by Gasteiger charge is 2.37. The number of fused-ring (bicyclic) bond motifs is 1. The van der Waals surface area contributed by atoms with Crippen LogP contribution in [0.2, 0.25) is 10.0 Å². The molecular formula is C14H7Cl2NO3S. The first kappa shape index (κ1) is 14.3. The fraction of sp³-hybridized carbons (Fsp3) is 0.0714. The highest BCUT2D eigenvalue weighted by atomic mass is 35.5. The standard InChI is InChI=1S/C14H7Cl2NO3S/c15-9-4-7-8(5-10(9)16)14(20)17(13(7)19)6-11(18)12-2-1-3-21-12/h1-5H,6H2. The minimum atomic E-state index is -0.529. The van der Waals surface area contributed by atoms with Gasteiger partial charge in [0.2, 0.25) is 0 Å². The molecule has 21 heavy (non-hydrogen) atoms. The van der Waals surface area contributed by atoms with Crippen LogP contribution >= 0.6 is 34.5 Å². The van der Waals surface area contributed by atoms with Crippen LogP contribution in [-0.2, 0) is 0 Å². The summed E-state index contributed by atoms with van der Waals surface area (Å²) in [5, 5.41) is 2.15. The van der Waals surface area contributed by atoms with E-state index in [-0.39, 0.29) is 33.5 Å². The van der Waals surface area contributed by atoms with Crippen LogP contribution in [0.5, 0.6) is 0 Å². The zero-order chi connectivity index (χ0) is 15.1. The van der Waals surface area contributed by atoms with Gasteiger partial charge < -0.3 is 0 Å². The van der Waals surface area contributed by atoms with Crippen LogP contribution in [0.25, 0.3) is 0 Å². The Bertz CT molecular complexity index is 730. The number of benzene rings is 1. The van der Waals surface area contributed by atoms with Crippen LogP contribution in [0, 0.1) is 0 Å². The monoisotopic (exact) mass is 339 g/mol. The SMILES string of the molecule is O=C(CN1C(=O)c2cc(Cl)c(Cl)cc2C1=O)c1cccs1. The molecular weight excluding hydrogens is 333 g/mol. The van der Waals surface area contributed by atoms with Crippen molar-refractivity contribution in [3.8, 4) is 0 Å². The van der Waals surface area contributed by atoms with Crippen molar-refractivity contribution in [2.45, 2.75) is 0 Å². The molecule has 0 radical (unpaired) electrons. The molecule has 106 valence electrons. The minimum Gasteiger partial charge on any atom is -0.291 e. The van der Waals surface area contributed by atoms with E-state index in [0.717, 1.165) is 4.90 Å². The molecule has 2 aromatic rings. The van der Waals surface area contributed by atoms with Crippen LogP contribution in [0.4, 0.5) is 0 Å². The first-order valence-corrected chi connectivity index (χ1v) is 7.54. The van der Waals surface area contributed by atoms with E-state index in [0.29, 0.717) is 4.88 Å². The topological polar surface area (TPSA) is 54.5 Å². The number of rotatable bonds is 3. The summed E-state index contributed by atoms with van der Waals surface area (Å²) in [7, 11) is 0. The fourth-order valence-corrected chi connectivity index (χ4v) is 3.07. The van der Waals surface area contributed by atoms with Crippen LogP contribution < -0.4 is 0 Å². The summed E-state index contributed by atoms with van der Waals surface area (Å²) in [4.78, 5) is 37.9. The Morgan fingerprint density at radius 1 is 1.10 bits per heavy atom. The molecule has 0 saturated carbocycles. The summed E-state index contributed by atoms with van der Waals surface area (Å²) < 4.78 is 0. The number of hydrogen-bond acceptors (Lipinski definition) is 4. The lowest BCUT2D eigenvalue weighted by atomic mass is 10.1. The lowest BCUT2D eigenvalue weighted by Crippen LogP contribution is -2.34. The third-order valence-electron chi connectivity index (χ3n) is 3.11. The van der Waals surface area contributed by atoms with Gasteiger partial charge in [0, 0.05) is 0 Å². The number of ketones is 1. The Hall–Kier alpha value is -1.69. The van der Waals surface area contributed by atoms with Gasteiger partial charge in [0.05, 0.1) is 32.6 Å². The van der Waals surface area contributed by atoms with Crippen molar-refractivity contribution in [3.05, 3.63) is 55.7 Å². The molecule has 0 bridgehead atoms. The van der Waals surface area contributed by atoms with Gasteiger partial charge in [-0.15, -0.1) is 11.3 Å². The number of thiophene rings is 1.